The molecule has 3 rings (SSSR count). The summed E-state index contributed by atoms with van der Waals surface area (Å²) in [6, 6.07) is 10.8. The molecule has 27 heavy (non-hydrogen) atoms. The van der Waals surface area contributed by atoms with Crippen molar-refractivity contribution in [1.29, 1.82) is 0 Å². The molecule has 4 nitrogen and oxygen atoms in total. The van der Waals surface area contributed by atoms with Crippen molar-refractivity contribution >= 4 is 17.5 Å². The van der Waals surface area contributed by atoms with Crippen LogP contribution in [0.25, 0.3) is 0 Å². The molecule has 0 radical (unpaired) electrons. The summed E-state index contributed by atoms with van der Waals surface area (Å²) in [6.07, 6.45) is 1.40. The smallest absolute Gasteiger partial charge is 0.227 e. The van der Waals surface area contributed by atoms with Crippen molar-refractivity contribution in [2.45, 2.75) is 26.2 Å². The second-order valence-corrected chi connectivity index (χ2v) is 6.87. The zero-order valence-electron chi connectivity index (χ0n) is 15.2. The lowest BCUT2D eigenvalue weighted by molar-refractivity contribution is -0.133. The van der Waals surface area contributed by atoms with E-state index in [1.54, 1.807) is 4.90 Å². The number of hydrogen-bond donors (Lipinski definition) is 1. The number of carbonyl (C=O) groups is 2. The molecule has 1 fully saturated rings. The predicted octanol–water partition coefficient (Wildman–Crippen LogP) is 3.69. The summed E-state index contributed by atoms with van der Waals surface area (Å²) in [5, 5.41) is 2.51. The van der Waals surface area contributed by atoms with Crippen LogP contribution in [0.15, 0.2) is 42.5 Å². The highest BCUT2D eigenvalue weighted by Gasteiger charge is 2.28. The van der Waals surface area contributed by atoms with Crippen LogP contribution in [0.4, 0.5) is 14.5 Å². The molecule has 1 saturated heterocycles. The quantitative estimate of drug-likeness (QED) is 0.890. The van der Waals surface area contributed by atoms with E-state index in [1.165, 1.54) is 6.07 Å². The Morgan fingerprint density at radius 3 is 2.48 bits per heavy atom. The van der Waals surface area contributed by atoms with E-state index in [9.17, 15) is 18.4 Å². The van der Waals surface area contributed by atoms with Gasteiger partial charge in [0.1, 0.15) is 11.6 Å². The average molecular weight is 372 g/mol. The highest BCUT2D eigenvalue weighted by molar-refractivity contribution is 5.93. The maximum Gasteiger partial charge on any atom is 0.227 e. The van der Waals surface area contributed by atoms with Crippen LogP contribution in [0.5, 0.6) is 0 Å². The van der Waals surface area contributed by atoms with E-state index in [4.69, 9.17) is 0 Å². The molecule has 1 heterocycles. The summed E-state index contributed by atoms with van der Waals surface area (Å²) in [6.45, 7) is 2.97. The Labute approximate surface area is 157 Å². The van der Waals surface area contributed by atoms with Gasteiger partial charge in [-0.3, -0.25) is 9.59 Å². The van der Waals surface area contributed by atoms with E-state index >= 15 is 0 Å². The van der Waals surface area contributed by atoms with Crippen LogP contribution >= 0.6 is 0 Å². The number of piperidine rings is 1. The second-order valence-electron chi connectivity index (χ2n) is 6.87. The summed E-state index contributed by atoms with van der Waals surface area (Å²) in [5.74, 6) is -2.03. The molecular weight excluding hydrogens is 350 g/mol. The Kier molecular flexibility index (Phi) is 5.84. The van der Waals surface area contributed by atoms with Gasteiger partial charge in [-0.25, -0.2) is 8.78 Å². The standard InChI is InChI=1S/C21H22F2N2O2/c1-14-4-2-3-5-16(14)12-20(26)25-10-8-15(9-11-25)21(27)24-19-7-6-17(22)13-18(19)23/h2-7,13,15H,8-12H2,1H3,(H,24,27). The van der Waals surface area contributed by atoms with Gasteiger partial charge in [-0.2, -0.15) is 0 Å². The number of nitrogens with one attached hydrogen (secondary N) is 1. The molecule has 0 aromatic heterocycles. The highest BCUT2D eigenvalue weighted by atomic mass is 19.1. The van der Waals surface area contributed by atoms with E-state index < -0.39 is 11.6 Å². The van der Waals surface area contributed by atoms with Gasteiger partial charge < -0.3 is 10.2 Å². The van der Waals surface area contributed by atoms with E-state index in [2.05, 4.69) is 5.32 Å². The summed E-state index contributed by atoms with van der Waals surface area (Å²) in [5.41, 5.74) is 2.06. The molecule has 0 atom stereocenters. The molecule has 1 aliphatic heterocycles. The molecule has 2 aromatic carbocycles. The van der Waals surface area contributed by atoms with Crippen molar-refractivity contribution in [3.8, 4) is 0 Å². The molecule has 0 saturated carbocycles. The van der Waals surface area contributed by atoms with Gasteiger partial charge >= 0.3 is 0 Å². The number of likely N-dealkylation sites (tertiary alicyclic amines) is 1. The van der Waals surface area contributed by atoms with E-state index in [0.717, 1.165) is 23.3 Å². The molecule has 6 heteroatoms. The molecule has 0 aliphatic carbocycles. The zero-order valence-corrected chi connectivity index (χ0v) is 15.2. The first-order valence-corrected chi connectivity index (χ1v) is 9.02. The minimum atomic E-state index is -0.797. The van der Waals surface area contributed by atoms with Gasteiger partial charge in [-0.1, -0.05) is 24.3 Å². The van der Waals surface area contributed by atoms with Crippen LogP contribution in [0.2, 0.25) is 0 Å². The Bertz CT molecular complexity index is 846. The molecular formula is C21H22F2N2O2. The summed E-state index contributed by atoms with van der Waals surface area (Å²) in [4.78, 5) is 26.6. The third kappa shape index (κ3) is 4.70. The van der Waals surface area contributed by atoms with Crippen molar-refractivity contribution in [2.24, 2.45) is 5.92 Å². The van der Waals surface area contributed by atoms with E-state index in [-0.39, 0.29) is 23.4 Å². The van der Waals surface area contributed by atoms with Crippen molar-refractivity contribution in [2.75, 3.05) is 18.4 Å². The SMILES string of the molecule is Cc1ccccc1CC(=O)N1CCC(C(=O)Nc2ccc(F)cc2F)CC1. The molecule has 2 amide bonds. The minimum Gasteiger partial charge on any atom is -0.342 e. The maximum atomic E-state index is 13.7. The third-order valence-electron chi connectivity index (χ3n) is 5.01. The minimum absolute atomic E-state index is 0.0283. The number of halogens is 2. The number of anilines is 1. The van der Waals surface area contributed by atoms with Crippen LogP contribution in [-0.4, -0.2) is 29.8 Å². The largest absolute Gasteiger partial charge is 0.342 e. The summed E-state index contributed by atoms with van der Waals surface area (Å²) >= 11 is 0. The first kappa shape index (κ1) is 19.0. The summed E-state index contributed by atoms with van der Waals surface area (Å²) < 4.78 is 26.6. The number of hydrogen-bond acceptors (Lipinski definition) is 2. The van der Waals surface area contributed by atoms with Gasteiger partial charge in [-0.05, 0) is 43.0 Å². The average Bonchev–Trinajstić information content (AvgIpc) is 2.66. The molecule has 142 valence electrons. The summed E-state index contributed by atoms with van der Waals surface area (Å²) in [7, 11) is 0. The van der Waals surface area contributed by atoms with Crippen LogP contribution in [0.1, 0.15) is 24.0 Å². The topological polar surface area (TPSA) is 49.4 Å². The van der Waals surface area contributed by atoms with Gasteiger partial charge in [0.15, 0.2) is 0 Å². The molecule has 0 bridgehead atoms. The Morgan fingerprint density at radius 2 is 1.81 bits per heavy atom. The fraction of sp³-hybridized carbons (Fsp3) is 0.333. The lowest BCUT2D eigenvalue weighted by Crippen LogP contribution is -2.42. The fourth-order valence-corrected chi connectivity index (χ4v) is 3.30. The first-order valence-electron chi connectivity index (χ1n) is 9.02. The number of benzene rings is 2. The second kappa shape index (κ2) is 8.29. The number of nitrogens with zero attached hydrogens (tertiary/aromatic N) is 1. The predicted molar refractivity (Wildman–Crippen MR) is 99.2 cm³/mol. The number of carbonyl (C=O) groups excluding carboxylic acids is 2. The number of amides is 2. The van der Waals surface area contributed by atoms with Crippen molar-refractivity contribution in [1.82, 2.24) is 4.90 Å². The lowest BCUT2D eigenvalue weighted by atomic mass is 9.95. The maximum absolute atomic E-state index is 13.7. The van der Waals surface area contributed by atoms with Gasteiger partial charge in [0.25, 0.3) is 0 Å². The normalized spacial score (nSPS) is 14.9. The number of rotatable bonds is 4. The Balaban J connectivity index is 1.53. The first-order chi connectivity index (χ1) is 12.9. The van der Waals surface area contributed by atoms with Crippen molar-refractivity contribution < 1.29 is 18.4 Å². The number of aryl methyl sites for hydroxylation is 1. The van der Waals surface area contributed by atoms with Gasteiger partial charge in [0, 0.05) is 25.1 Å². The van der Waals surface area contributed by atoms with Crippen LogP contribution in [-0.2, 0) is 16.0 Å². The zero-order chi connectivity index (χ0) is 19.4. The highest BCUT2D eigenvalue weighted by Crippen LogP contribution is 2.22. The van der Waals surface area contributed by atoms with Crippen LogP contribution < -0.4 is 5.32 Å². The fourth-order valence-electron chi connectivity index (χ4n) is 3.30. The van der Waals surface area contributed by atoms with Crippen molar-refractivity contribution in [3.05, 3.63) is 65.2 Å². The van der Waals surface area contributed by atoms with Gasteiger partial charge in [-0.15, -0.1) is 0 Å². The Hall–Kier alpha value is -2.76. The van der Waals surface area contributed by atoms with E-state index in [1.807, 2.05) is 31.2 Å². The molecule has 2 aromatic rings. The molecule has 1 N–H and O–H groups in total. The lowest BCUT2D eigenvalue weighted by Gasteiger charge is -2.31. The van der Waals surface area contributed by atoms with Gasteiger partial charge in [0.2, 0.25) is 11.8 Å². The van der Waals surface area contributed by atoms with Gasteiger partial charge in [0.05, 0.1) is 12.1 Å². The van der Waals surface area contributed by atoms with Crippen molar-refractivity contribution in [3.63, 3.8) is 0 Å². The Morgan fingerprint density at radius 1 is 1.11 bits per heavy atom. The monoisotopic (exact) mass is 372 g/mol. The molecule has 0 spiro atoms. The molecule has 1 aliphatic rings. The van der Waals surface area contributed by atoms with Crippen LogP contribution in [0, 0.1) is 24.5 Å². The van der Waals surface area contributed by atoms with Crippen LogP contribution in [0.3, 0.4) is 0 Å². The third-order valence-corrected chi connectivity index (χ3v) is 5.01. The molecule has 0 unspecified atom stereocenters. The van der Waals surface area contributed by atoms with E-state index in [0.29, 0.717) is 32.4 Å².